The van der Waals surface area contributed by atoms with Gasteiger partial charge in [-0.3, -0.25) is 0 Å². The molecule has 0 radical (unpaired) electrons. The van der Waals surface area contributed by atoms with Gasteiger partial charge in [0.25, 0.3) is 0 Å². The fourth-order valence-electron chi connectivity index (χ4n) is 7.47. The number of aromatic hydroxyl groups is 4. The molecule has 8 atom stereocenters. The van der Waals surface area contributed by atoms with Crippen LogP contribution in [0.25, 0.3) is 0 Å². The molecular weight excluding hydrogens is 760 g/mol. The van der Waals surface area contributed by atoms with E-state index >= 15 is 0 Å². The Labute approximate surface area is 335 Å². The van der Waals surface area contributed by atoms with Crippen molar-refractivity contribution in [1.29, 1.82) is 0 Å². The summed E-state index contributed by atoms with van der Waals surface area (Å²) in [5.74, 6) is -1.07. The molecule has 2 saturated heterocycles. The quantitative estimate of drug-likeness (QED) is 0.106. The van der Waals surface area contributed by atoms with Crippen LogP contribution < -0.4 is 28.4 Å². The average molecular weight is 811 g/mol. The first-order valence-electron chi connectivity index (χ1n) is 18.4. The number of aliphatic hydroxyl groups excluding tert-OH is 2. The van der Waals surface area contributed by atoms with Crippen LogP contribution in [0.15, 0.2) is 60.7 Å². The molecule has 2 aliphatic rings. The van der Waals surface area contributed by atoms with Gasteiger partial charge < -0.3 is 78.0 Å². The van der Waals surface area contributed by atoms with E-state index in [2.05, 4.69) is 0 Å². The van der Waals surface area contributed by atoms with Crippen LogP contribution in [0.5, 0.6) is 57.5 Å². The van der Waals surface area contributed by atoms with Gasteiger partial charge in [-0.2, -0.15) is 0 Å². The van der Waals surface area contributed by atoms with E-state index in [1.807, 2.05) is 0 Å². The minimum absolute atomic E-state index is 0.0320. The molecule has 0 spiro atoms. The molecule has 0 aliphatic carbocycles. The Balaban J connectivity index is 1.45. The SMILES string of the molecule is COc1cc([C@@H](O)[C@@H]2CO[C@H](c3cc(OC)c(O)c(OC)c3)[C@@H]([C@@H]3CO[C@H]([C@H](O)c4ccc(O)c(OC)c4)CO[C@H]3c3cc(OC)c(O)c(OC)c3)CO2)ccc1O. The van der Waals surface area contributed by atoms with Crippen molar-refractivity contribution in [1.82, 2.24) is 0 Å². The molecule has 0 bridgehead atoms. The van der Waals surface area contributed by atoms with Crippen molar-refractivity contribution in [2.75, 3.05) is 69.1 Å². The third kappa shape index (κ3) is 8.57. The van der Waals surface area contributed by atoms with Gasteiger partial charge >= 0.3 is 0 Å². The molecule has 16 nitrogen and oxygen atoms in total. The largest absolute Gasteiger partial charge is 0.504 e. The van der Waals surface area contributed by atoms with Gasteiger partial charge in [-0.25, -0.2) is 0 Å². The summed E-state index contributed by atoms with van der Waals surface area (Å²) in [6, 6.07) is 15.5. The summed E-state index contributed by atoms with van der Waals surface area (Å²) in [6.07, 6.45) is -5.94. The summed E-state index contributed by atoms with van der Waals surface area (Å²) in [5.41, 5.74) is 1.91. The smallest absolute Gasteiger partial charge is 0.200 e. The van der Waals surface area contributed by atoms with Crippen LogP contribution in [-0.2, 0) is 18.9 Å². The highest BCUT2D eigenvalue weighted by Crippen LogP contribution is 2.49. The number of ether oxygens (including phenoxy) is 10. The van der Waals surface area contributed by atoms with Crippen LogP contribution in [0, 0.1) is 11.8 Å². The van der Waals surface area contributed by atoms with E-state index in [1.165, 1.54) is 66.9 Å². The monoisotopic (exact) mass is 810 g/mol. The predicted octanol–water partition coefficient (Wildman–Crippen LogP) is 4.87. The summed E-state index contributed by atoms with van der Waals surface area (Å²) in [4.78, 5) is 0. The van der Waals surface area contributed by atoms with Crippen LogP contribution in [0.2, 0.25) is 0 Å². The summed E-state index contributed by atoms with van der Waals surface area (Å²) >= 11 is 0. The van der Waals surface area contributed by atoms with Gasteiger partial charge in [0.05, 0.1) is 81.3 Å². The molecule has 0 unspecified atom stereocenters. The number of methoxy groups -OCH3 is 6. The van der Waals surface area contributed by atoms with E-state index in [0.717, 1.165) is 0 Å². The number of phenolic OH excluding ortho intramolecular Hbond substituents is 4. The van der Waals surface area contributed by atoms with Crippen molar-refractivity contribution in [3.63, 3.8) is 0 Å². The first-order valence-corrected chi connectivity index (χ1v) is 18.4. The molecule has 2 heterocycles. The number of rotatable bonds is 13. The maximum absolute atomic E-state index is 11.6. The Hall–Kier alpha value is -5.36. The van der Waals surface area contributed by atoms with Crippen LogP contribution >= 0.6 is 0 Å². The average Bonchev–Trinajstić information content (AvgIpc) is 3.61. The van der Waals surface area contributed by atoms with Gasteiger partial charge in [0, 0.05) is 11.8 Å². The molecule has 4 aromatic rings. The van der Waals surface area contributed by atoms with E-state index in [-0.39, 0.29) is 83.9 Å². The molecule has 0 aromatic heterocycles. The molecule has 2 fully saturated rings. The number of phenols is 4. The van der Waals surface area contributed by atoms with Gasteiger partial charge in [-0.05, 0) is 70.8 Å². The summed E-state index contributed by atoms with van der Waals surface area (Å²) in [6.45, 7) is -0.284. The van der Waals surface area contributed by atoms with E-state index in [1.54, 1.807) is 36.4 Å². The Morgan fingerprint density at radius 3 is 1.09 bits per heavy atom. The molecule has 58 heavy (non-hydrogen) atoms. The second-order valence-corrected chi connectivity index (χ2v) is 13.9. The lowest BCUT2D eigenvalue weighted by Crippen LogP contribution is -2.34. The van der Waals surface area contributed by atoms with Gasteiger partial charge in [-0.1, -0.05) is 12.1 Å². The minimum Gasteiger partial charge on any atom is -0.504 e. The molecule has 0 amide bonds. The zero-order valence-electron chi connectivity index (χ0n) is 33.0. The first kappa shape index (κ1) is 42.3. The van der Waals surface area contributed by atoms with E-state index in [0.29, 0.717) is 22.3 Å². The number of hydrogen-bond donors (Lipinski definition) is 6. The van der Waals surface area contributed by atoms with Gasteiger partial charge in [0.1, 0.15) is 24.4 Å². The molecule has 314 valence electrons. The zero-order chi connectivity index (χ0) is 41.7. The third-order valence-corrected chi connectivity index (χ3v) is 10.7. The highest BCUT2D eigenvalue weighted by molar-refractivity contribution is 5.55. The molecular formula is C42H50O16. The molecule has 0 saturated carbocycles. The van der Waals surface area contributed by atoms with Gasteiger partial charge in [0.2, 0.25) is 11.5 Å². The summed E-state index contributed by atoms with van der Waals surface area (Å²) in [5, 5.41) is 65.4. The Kier molecular flexibility index (Phi) is 13.5. The van der Waals surface area contributed by atoms with Crippen molar-refractivity contribution < 1.29 is 78.0 Å². The maximum Gasteiger partial charge on any atom is 0.200 e. The fourth-order valence-corrected chi connectivity index (χ4v) is 7.47. The predicted molar refractivity (Wildman–Crippen MR) is 206 cm³/mol. The van der Waals surface area contributed by atoms with Crippen molar-refractivity contribution in [2.45, 2.75) is 36.6 Å². The second-order valence-electron chi connectivity index (χ2n) is 13.9. The number of hydrogen-bond acceptors (Lipinski definition) is 16. The molecule has 16 heteroatoms. The lowest BCUT2D eigenvalue weighted by molar-refractivity contribution is -0.0655. The van der Waals surface area contributed by atoms with E-state index < -0.39 is 48.5 Å². The second kappa shape index (κ2) is 18.5. The van der Waals surface area contributed by atoms with E-state index in [4.69, 9.17) is 47.4 Å². The topological polar surface area (TPSA) is 214 Å². The first-order chi connectivity index (χ1) is 28.0. The number of aliphatic hydroxyl groups is 2. The van der Waals surface area contributed by atoms with Crippen molar-refractivity contribution in [3.05, 3.63) is 82.9 Å². The van der Waals surface area contributed by atoms with Crippen LogP contribution in [0.3, 0.4) is 0 Å². The molecule has 6 rings (SSSR count). The Bertz CT molecular complexity index is 1830. The zero-order valence-corrected chi connectivity index (χ0v) is 33.0. The normalized spacial score (nSPS) is 23.4. The fraction of sp³-hybridized carbons (Fsp3) is 0.429. The maximum atomic E-state index is 11.6. The van der Waals surface area contributed by atoms with Crippen LogP contribution in [0.4, 0.5) is 0 Å². The summed E-state index contributed by atoms with van der Waals surface area (Å²) in [7, 11) is 8.46. The minimum atomic E-state index is -1.22. The van der Waals surface area contributed by atoms with Gasteiger partial charge in [-0.15, -0.1) is 0 Å². The highest BCUT2D eigenvalue weighted by Gasteiger charge is 2.45. The van der Waals surface area contributed by atoms with Crippen LogP contribution in [0.1, 0.15) is 46.7 Å². The van der Waals surface area contributed by atoms with Crippen LogP contribution in [-0.4, -0.2) is 112 Å². The van der Waals surface area contributed by atoms with E-state index in [9.17, 15) is 30.6 Å². The standard InChI is InChI=1S/C42H50O16/c1-49-29-11-21(7-9-27(29)43)37(45)35-19-57-41(23-13-31(51-3)39(47)32(14-23)52-4)25(17-55-35)26-18-56-36(38(46)22-8-10-28(44)30(12-22)50-2)20-58-42(26)24-15-33(53-5)40(48)34(16-24)54-6/h7-16,25-26,35-38,41-48H,17-20H2,1-6H3/t25-,26+,35-,36-,37+,38+,41-,42+/m0/s1. The van der Waals surface area contributed by atoms with Gasteiger partial charge in [0.15, 0.2) is 46.0 Å². The lowest BCUT2D eigenvalue weighted by atomic mass is 9.79. The highest BCUT2D eigenvalue weighted by atomic mass is 16.6. The third-order valence-electron chi connectivity index (χ3n) is 10.7. The number of benzene rings is 4. The molecule has 6 N–H and O–H groups in total. The Morgan fingerprint density at radius 2 is 0.776 bits per heavy atom. The lowest BCUT2D eigenvalue weighted by Gasteiger charge is -2.35. The Morgan fingerprint density at radius 1 is 0.448 bits per heavy atom. The molecule has 2 aliphatic heterocycles. The summed E-state index contributed by atoms with van der Waals surface area (Å²) < 4.78 is 59.0. The van der Waals surface area contributed by atoms with Crippen molar-refractivity contribution >= 4 is 0 Å². The van der Waals surface area contributed by atoms with Crippen molar-refractivity contribution in [2.24, 2.45) is 11.8 Å². The molecule has 4 aromatic carbocycles. The van der Waals surface area contributed by atoms with Crippen molar-refractivity contribution in [3.8, 4) is 57.5 Å².